The maximum absolute atomic E-state index is 12.9. The van der Waals surface area contributed by atoms with E-state index in [1.54, 1.807) is 25.1 Å². The smallest absolute Gasteiger partial charge is 0.256 e. The molecule has 0 saturated heterocycles. The van der Waals surface area contributed by atoms with E-state index in [1.165, 1.54) is 20.3 Å². The van der Waals surface area contributed by atoms with Crippen LogP contribution in [0.15, 0.2) is 57.7 Å². The van der Waals surface area contributed by atoms with E-state index in [0.29, 0.717) is 28.5 Å². The number of aryl methyl sites for hydroxylation is 1. The molecular formula is C26H29ClN4O4. The Balaban J connectivity index is 1.95. The number of allylic oxidation sites excluding steroid dienone is 3. The van der Waals surface area contributed by atoms with E-state index in [-0.39, 0.29) is 16.3 Å². The zero-order valence-electron chi connectivity index (χ0n) is 20.7. The molecule has 35 heavy (non-hydrogen) atoms. The second kappa shape index (κ2) is 11.2. The molecule has 3 rings (SSSR count). The van der Waals surface area contributed by atoms with Crippen LogP contribution in [-0.2, 0) is 4.79 Å². The highest BCUT2D eigenvalue weighted by molar-refractivity contribution is 6.49. The lowest BCUT2D eigenvalue weighted by Crippen LogP contribution is -2.31. The van der Waals surface area contributed by atoms with Crippen molar-refractivity contribution in [3.8, 4) is 11.5 Å². The molecule has 2 aromatic rings. The maximum atomic E-state index is 12.9. The van der Waals surface area contributed by atoms with Crippen molar-refractivity contribution < 1.29 is 19.1 Å². The van der Waals surface area contributed by atoms with Crippen LogP contribution in [-0.4, -0.2) is 49.7 Å². The largest absolute Gasteiger partial charge is 0.497 e. The summed E-state index contributed by atoms with van der Waals surface area (Å²) in [6.07, 6.45) is 1.52. The minimum absolute atomic E-state index is 0.00449. The van der Waals surface area contributed by atoms with Gasteiger partial charge in [0.1, 0.15) is 17.3 Å². The van der Waals surface area contributed by atoms with Crippen molar-refractivity contribution >= 4 is 40.5 Å². The van der Waals surface area contributed by atoms with E-state index in [4.69, 9.17) is 26.1 Å². The lowest BCUT2D eigenvalue weighted by molar-refractivity contribution is -0.112. The zero-order chi connectivity index (χ0) is 25.7. The fourth-order valence-electron chi connectivity index (χ4n) is 3.57. The second-order valence-corrected chi connectivity index (χ2v) is 8.20. The quantitative estimate of drug-likeness (QED) is 0.531. The number of anilines is 1. The molecule has 1 aromatic heterocycles. The number of benzene rings is 1. The first kappa shape index (κ1) is 26.0. The summed E-state index contributed by atoms with van der Waals surface area (Å²) in [6.45, 7) is 9.44. The lowest BCUT2D eigenvalue weighted by Gasteiger charge is -2.20. The molecule has 1 aliphatic carbocycles. The molecule has 8 nitrogen and oxygen atoms in total. The van der Waals surface area contributed by atoms with E-state index in [1.807, 2.05) is 19.1 Å². The van der Waals surface area contributed by atoms with Crippen LogP contribution in [0.5, 0.6) is 11.5 Å². The normalized spacial score (nSPS) is 14.7. The Morgan fingerprint density at radius 2 is 1.71 bits per heavy atom. The van der Waals surface area contributed by atoms with Crippen LogP contribution in [0.25, 0.3) is 0 Å². The van der Waals surface area contributed by atoms with Crippen LogP contribution < -0.4 is 19.7 Å². The Morgan fingerprint density at radius 1 is 1.09 bits per heavy atom. The number of halogens is 1. The number of ketones is 1. The van der Waals surface area contributed by atoms with E-state index >= 15 is 0 Å². The molecule has 0 bridgehead atoms. The number of nitrogens with zero attached hydrogens (tertiary/aromatic N) is 3. The highest BCUT2D eigenvalue weighted by atomic mass is 35.5. The Morgan fingerprint density at radius 3 is 2.26 bits per heavy atom. The fraction of sp³-hybridized carbons (Fsp3) is 0.308. The molecule has 0 aliphatic heterocycles. The van der Waals surface area contributed by atoms with E-state index < -0.39 is 11.7 Å². The molecule has 0 spiro atoms. The number of Topliss-reactive ketones (excluding diaryl/α,β-unsaturated/α-hetero) is 1. The predicted octanol–water partition coefficient (Wildman–Crippen LogP) is 4.74. The van der Waals surface area contributed by atoms with Crippen molar-refractivity contribution in [3.63, 3.8) is 0 Å². The Labute approximate surface area is 210 Å². The van der Waals surface area contributed by atoms with Crippen molar-refractivity contribution in [2.45, 2.75) is 27.7 Å². The van der Waals surface area contributed by atoms with Gasteiger partial charge in [0.15, 0.2) is 0 Å². The van der Waals surface area contributed by atoms with Gasteiger partial charge in [-0.15, -0.1) is 0 Å². The van der Waals surface area contributed by atoms with Crippen molar-refractivity contribution in [1.29, 1.82) is 0 Å². The molecule has 1 N–H and O–H groups in total. The molecule has 0 radical (unpaired) electrons. The number of pyridine rings is 1. The van der Waals surface area contributed by atoms with Crippen LogP contribution >= 0.6 is 11.6 Å². The van der Waals surface area contributed by atoms with Crippen molar-refractivity contribution in [3.05, 3.63) is 64.0 Å². The average molecular weight is 497 g/mol. The van der Waals surface area contributed by atoms with Crippen LogP contribution in [0.2, 0.25) is 0 Å². The predicted molar refractivity (Wildman–Crippen MR) is 138 cm³/mol. The third-order valence-electron chi connectivity index (χ3n) is 5.67. The molecule has 0 unspecified atom stereocenters. The van der Waals surface area contributed by atoms with Gasteiger partial charge in [-0.25, -0.2) is 9.98 Å². The van der Waals surface area contributed by atoms with E-state index in [2.05, 4.69) is 29.0 Å². The standard InChI is InChI=1S/C26H29ClN4O4/c1-7-31(8-2)23-10-9-20(16(4)28-23)29-21-14-22(25(32)24(27)15(21)3)30-26(33)17-11-18(34-5)13-19(12-17)35-6/h9-14H,7-8H2,1-6H3,(H,30,33). The average Bonchev–Trinajstić information content (AvgIpc) is 2.87. The summed E-state index contributed by atoms with van der Waals surface area (Å²) >= 11 is 6.34. The summed E-state index contributed by atoms with van der Waals surface area (Å²) in [4.78, 5) is 37.2. The minimum Gasteiger partial charge on any atom is -0.497 e. The van der Waals surface area contributed by atoms with Gasteiger partial charge in [0.05, 0.1) is 42.0 Å². The Kier molecular flexibility index (Phi) is 8.30. The third-order valence-corrected chi connectivity index (χ3v) is 6.13. The number of nitrogens with one attached hydrogen (secondary N) is 1. The number of aromatic nitrogens is 1. The van der Waals surface area contributed by atoms with E-state index in [9.17, 15) is 9.59 Å². The van der Waals surface area contributed by atoms with Gasteiger partial charge in [0.25, 0.3) is 5.91 Å². The molecule has 0 fully saturated rings. The van der Waals surface area contributed by atoms with Crippen LogP contribution in [0.3, 0.4) is 0 Å². The lowest BCUT2D eigenvalue weighted by atomic mass is 10.0. The first-order valence-electron chi connectivity index (χ1n) is 11.2. The number of amides is 1. The summed E-state index contributed by atoms with van der Waals surface area (Å²) in [5.74, 6) is 0.777. The van der Waals surface area contributed by atoms with Gasteiger partial charge in [0, 0.05) is 24.7 Å². The van der Waals surface area contributed by atoms with Crippen LogP contribution in [0, 0.1) is 6.92 Å². The first-order valence-corrected chi connectivity index (χ1v) is 11.6. The highest BCUT2D eigenvalue weighted by Crippen LogP contribution is 2.28. The monoisotopic (exact) mass is 496 g/mol. The first-order chi connectivity index (χ1) is 16.7. The molecule has 184 valence electrons. The third kappa shape index (κ3) is 5.71. The van der Waals surface area contributed by atoms with Gasteiger partial charge < -0.3 is 19.7 Å². The van der Waals surface area contributed by atoms with Gasteiger partial charge in [-0.05, 0) is 63.6 Å². The SMILES string of the molecule is CCN(CC)c1ccc(N=C2C=C(NC(=O)c3cc(OC)cc(OC)c3)C(=O)C(Cl)=C2C)c(C)n1. The molecule has 1 amide bonds. The number of aliphatic imine (C=N–C) groups is 1. The molecular weight excluding hydrogens is 468 g/mol. The molecule has 0 saturated carbocycles. The maximum Gasteiger partial charge on any atom is 0.256 e. The van der Waals surface area contributed by atoms with Crippen molar-refractivity contribution in [2.24, 2.45) is 4.99 Å². The minimum atomic E-state index is -0.508. The molecule has 1 heterocycles. The number of rotatable bonds is 8. The number of hydrogen-bond acceptors (Lipinski definition) is 7. The molecule has 0 atom stereocenters. The van der Waals surface area contributed by atoms with Gasteiger partial charge in [-0.1, -0.05) is 11.6 Å². The summed E-state index contributed by atoms with van der Waals surface area (Å²) in [5, 5.41) is 2.64. The Hall–Kier alpha value is -3.65. The topological polar surface area (TPSA) is 93.1 Å². The summed E-state index contributed by atoms with van der Waals surface area (Å²) in [5.41, 5.74) is 2.66. The molecule has 1 aliphatic rings. The zero-order valence-corrected chi connectivity index (χ0v) is 21.5. The summed E-state index contributed by atoms with van der Waals surface area (Å²) < 4.78 is 10.4. The Bertz CT molecular complexity index is 1220. The second-order valence-electron chi connectivity index (χ2n) is 7.82. The van der Waals surface area contributed by atoms with Gasteiger partial charge in [-0.3, -0.25) is 9.59 Å². The summed E-state index contributed by atoms with van der Waals surface area (Å²) in [7, 11) is 2.98. The van der Waals surface area contributed by atoms with E-state index in [0.717, 1.165) is 24.6 Å². The number of carbonyl (C=O) groups excluding carboxylic acids is 2. The van der Waals surface area contributed by atoms with Crippen molar-refractivity contribution in [2.75, 3.05) is 32.2 Å². The van der Waals surface area contributed by atoms with Gasteiger partial charge >= 0.3 is 0 Å². The fourth-order valence-corrected chi connectivity index (χ4v) is 3.76. The summed E-state index contributed by atoms with van der Waals surface area (Å²) in [6, 6.07) is 8.55. The number of methoxy groups -OCH3 is 2. The number of ether oxygens (including phenoxy) is 2. The molecule has 1 aromatic carbocycles. The van der Waals surface area contributed by atoms with Crippen LogP contribution in [0.4, 0.5) is 11.5 Å². The van der Waals surface area contributed by atoms with Crippen molar-refractivity contribution in [1.82, 2.24) is 10.3 Å². The number of hydrogen-bond donors (Lipinski definition) is 1. The van der Waals surface area contributed by atoms with Gasteiger partial charge in [0.2, 0.25) is 5.78 Å². The van der Waals surface area contributed by atoms with Crippen LogP contribution in [0.1, 0.15) is 36.8 Å². The highest BCUT2D eigenvalue weighted by Gasteiger charge is 2.26. The molecule has 9 heteroatoms. The number of carbonyl (C=O) groups is 2. The van der Waals surface area contributed by atoms with Gasteiger partial charge in [-0.2, -0.15) is 0 Å².